The molecule has 1 saturated carbocycles. The van der Waals surface area contributed by atoms with Crippen molar-refractivity contribution < 1.29 is 14.6 Å². The van der Waals surface area contributed by atoms with Crippen LogP contribution in [0.15, 0.2) is 34.7 Å². The highest BCUT2D eigenvalue weighted by atomic mass is 16.3. The zero-order valence-electron chi connectivity index (χ0n) is 14.5. The summed E-state index contributed by atoms with van der Waals surface area (Å²) in [6.45, 7) is 5.62. The number of aliphatic hydroxyl groups excluding tert-OH is 1. The van der Waals surface area contributed by atoms with E-state index in [1.165, 1.54) is 5.56 Å². The van der Waals surface area contributed by atoms with Crippen molar-refractivity contribution in [2.24, 2.45) is 0 Å². The van der Waals surface area contributed by atoms with Crippen LogP contribution in [0.5, 0.6) is 5.75 Å². The molecule has 0 aliphatic heterocycles. The third-order valence-corrected chi connectivity index (χ3v) is 5.00. The van der Waals surface area contributed by atoms with Gasteiger partial charge >= 0.3 is 0 Å². The zero-order valence-corrected chi connectivity index (χ0v) is 14.5. The normalized spacial score (nSPS) is 21.3. The first-order valence-corrected chi connectivity index (χ1v) is 8.77. The molecule has 2 N–H and O–H groups in total. The summed E-state index contributed by atoms with van der Waals surface area (Å²) in [5, 5.41) is 19.5. The molecule has 0 unspecified atom stereocenters. The molecule has 0 radical (unpaired) electrons. The third-order valence-electron chi connectivity index (χ3n) is 5.00. The second kappa shape index (κ2) is 7.41. The summed E-state index contributed by atoms with van der Waals surface area (Å²) in [4.78, 5) is 2.46. The van der Waals surface area contributed by atoms with Gasteiger partial charge in [-0.2, -0.15) is 0 Å². The Morgan fingerprint density at radius 3 is 2.46 bits per heavy atom. The van der Waals surface area contributed by atoms with Crippen molar-refractivity contribution in [3.63, 3.8) is 0 Å². The zero-order chi connectivity index (χ0) is 17.1. The van der Waals surface area contributed by atoms with Crippen LogP contribution in [-0.4, -0.2) is 27.3 Å². The number of aliphatic hydroxyl groups is 1. The van der Waals surface area contributed by atoms with E-state index in [-0.39, 0.29) is 6.10 Å². The van der Waals surface area contributed by atoms with Gasteiger partial charge in [-0.15, -0.1) is 0 Å². The lowest BCUT2D eigenvalue weighted by Crippen LogP contribution is -2.38. The average molecular weight is 329 g/mol. The predicted octanol–water partition coefficient (Wildman–Crippen LogP) is 3.91. The SMILES string of the molecule is Cc1cc(CN(Cc2cccc(O)c2)C2CCC(O)CC2)c(C)o1. The minimum absolute atomic E-state index is 0.151. The minimum Gasteiger partial charge on any atom is -0.508 e. The molecule has 0 atom stereocenters. The van der Waals surface area contributed by atoms with Crippen LogP contribution < -0.4 is 0 Å². The van der Waals surface area contributed by atoms with Gasteiger partial charge in [-0.25, -0.2) is 0 Å². The second-order valence-corrected chi connectivity index (χ2v) is 6.98. The second-order valence-electron chi connectivity index (χ2n) is 6.98. The van der Waals surface area contributed by atoms with Gasteiger partial charge < -0.3 is 14.6 Å². The van der Waals surface area contributed by atoms with Crippen molar-refractivity contribution in [2.45, 2.75) is 64.8 Å². The summed E-state index contributed by atoms with van der Waals surface area (Å²) < 4.78 is 5.68. The maximum Gasteiger partial charge on any atom is 0.115 e. The van der Waals surface area contributed by atoms with Gasteiger partial charge in [0, 0.05) is 24.7 Å². The highest BCUT2D eigenvalue weighted by Crippen LogP contribution is 2.28. The highest BCUT2D eigenvalue weighted by molar-refractivity contribution is 5.27. The smallest absolute Gasteiger partial charge is 0.115 e. The summed E-state index contributed by atoms with van der Waals surface area (Å²) in [6, 6.07) is 10.0. The number of benzene rings is 1. The molecule has 130 valence electrons. The molecule has 1 aliphatic carbocycles. The van der Waals surface area contributed by atoms with E-state index in [9.17, 15) is 10.2 Å². The topological polar surface area (TPSA) is 56.8 Å². The largest absolute Gasteiger partial charge is 0.508 e. The lowest BCUT2D eigenvalue weighted by Gasteiger charge is -2.35. The number of hydrogen-bond acceptors (Lipinski definition) is 4. The molecule has 3 rings (SSSR count). The van der Waals surface area contributed by atoms with E-state index in [1.807, 2.05) is 26.0 Å². The number of phenols is 1. The standard InChI is InChI=1S/C20H27NO3/c1-14-10-17(15(2)24-14)13-21(18-6-8-19(22)9-7-18)12-16-4-3-5-20(23)11-16/h3-5,10-11,18-19,22-23H,6-9,12-13H2,1-2H3. The molecule has 4 nitrogen and oxygen atoms in total. The lowest BCUT2D eigenvalue weighted by molar-refractivity contribution is 0.0663. The fourth-order valence-corrected chi connectivity index (χ4v) is 3.69. The quantitative estimate of drug-likeness (QED) is 0.873. The van der Waals surface area contributed by atoms with Gasteiger partial charge in [-0.05, 0) is 63.3 Å². The van der Waals surface area contributed by atoms with E-state index in [0.29, 0.717) is 11.8 Å². The van der Waals surface area contributed by atoms with E-state index in [4.69, 9.17) is 4.42 Å². The first-order valence-electron chi connectivity index (χ1n) is 8.77. The first kappa shape index (κ1) is 17.1. The monoisotopic (exact) mass is 329 g/mol. The van der Waals surface area contributed by atoms with Gasteiger partial charge in [0.1, 0.15) is 17.3 Å². The van der Waals surface area contributed by atoms with E-state index in [2.05, 4.69) is 17.0 Å². The number of furan rings is 1. The molecule has 1 fully saturated rings. The molecule has 1 aromatic heterocycles. The molecule has 1 heterocycles. The van der Waals surface area contributed by atoms with E-state index >= 15 is 0 Å². The van der Waals surface area contributed by atoms with E-state index in [0.717, 1.165) is 55.9 Å². The van der Waals surface area contributed by atoms with Crippen LogP contribution in [0, 0.1) is 13.8 Å². The number of rotatable bonds is 5. The summed E-state index contributed by atoms with van der Waals surface area (Å²) >= 11 is 0. The van der Waals surface area contributed by atoms with Crippen LogP contribution >= 0.6 is 0 Å². The van der Waals surface area contributed by atoms with Gasteiger partial charge in [-0.3, -0.25) is 4.90 Å². The Bertz CT molecular complexity index is 671. The van der Waals surface area contributed by atoms with Gasteiger partial charge in [0.2, 0.25) is 0 Å². The van der Waals surface area contributed by atoms with Crippen LogP contribution in [0.1, 0.15) is 48.3 Å². The Morgan fingerprint density at radius 2 is 1.83 bits per heavy atom. The van der Waals surface area contributed by atoms with Gasteiger partial charge in [0.25, 0.3) is 0 Å². The average Bonchev–Trinajstić information content (AvgIpc) is 2.85. The summed E-state index contributed by atoms with van der Waals surface area (Å²) in [5.41, 5.74) is 2.33. The molecule has 24 heavy (non-hydrogen) atoms. The van der Waals surface area contributed by atoms with Gasteiger partial charge in [0.15, 0.2) is 0 Å². The Morgan fingerprint density at radius 1 is 1.08 bits per heavy atom. The molecule has 0 bridgehead atoms. The van der Waals surface area contributed by atoms with Crippen LogP contribution in [0.25, 0.3) is 0 Å². The fourth-order valence-electron chi connectivity index (χ4n) is 3.69. The van der Waals surface area contributed by atoms with Crippen LogP contribution in [-0.2, 0) is 13.1 Å². The Balaban J connectivity index is 1.78. The maximum absolute atomic E-state index is 9.81. The maximum atomic E-state index is 9.81. The predicted molar refractivity (Wildman–Crippen MR) is 93.8 cm³/mol. The molecule has 0 amide bonds. The third kappa shape index (κ3) is 4.19. The minimum atomic E-state index is -0.151. The number of aromatic hydroxyl groups is 1. The fraction of sp³-hybridized carbons (Fsp3) is 0.500. The van der Waals surface area contributed by atoms with E-state index in [1.54, 1.807) is 6.07 Å². The van der Waals surface area contributed by atoms with Crippen molar-refractivity contribution in [3.8, 4) is 5.75 Å². The van der Waals surface area contributed by atoms with E-state index < -0.39 is 0 Å². The van der Waals surface area contributed by atoms with Crippen molar-refractivity contribution in [3.05, 3.63) is 53.0 Å². The summed E-state index contributed by atoms with van der Waals surface area (Å²) in [7, 11) is 0. The number of aryl methyl sites for hydroxylation is 2. The molecule has 2 aromatic rings. The number of hydrogen-bond donors (Lipinski definition) is 2. The van der Waals surface area contributed by atoms with Crippen molar-refractivity contribution in [1.29, 1.82) is 0 Å². The van der Waals surface area contributed by atoms with Gasteiger partial charge in [-0.1, -0.05) is 12.1 Å². The summed E-state index contributed by atoms with van der Waals surface area (Å²) in [5.74, 6) is 2.23. The van der Waals surface area contributed by atoms with Crippen LogP contribution in [0.3, 0.4) is 0 Å². The molecule has 4 heteroatoms. The molecular weight excluding hydrogens is 302 g/mol. The van der Waals surface area contributed by atoms with Crippen molar-refractivity contribution in [1.82, 2.24) is 4.90 Å². The van der Waals surface area contributed by atoms with Crippen molar-refractivity contribution in [2.75, 3.05) is 0 Å². The molecular formula is C20H27NO3. The molecule has 0 spiro atoms. The molecule has 0 saturated heterocycles. The Kier molecular flexibility index (Phi) is 5.27. The first-order chi connectivity index (χ1) is 11.5. The highest BCUT2D eigenvalue weighted by Gasteiger charge is 2.26. The number of nitrogens with zero attached hydrogens (tertiary/aromatic N) is 1. The van der Waals surface area contributed by atoms with Crippen molar-refractivity contribution >= 4 is 0 Å². The van der Waals surface area contributed by atoms with Gasteiger partial charge in [0.05, 0.1) is 6.10 Å². The molecule has 1 aromatic carbocycles. The van der Waals surface area contributed by atoms with Crippen LogP contribution in [0.4, 0.5) is 0 Å². The molecule has 1 aliphatic rings. The Labute approximate surface area is 143 Å². The Hall–Kier alpha value is -1.78. The van der Waals surface area contributed by atoms with Crippen LogP contribution in [0.2, 0.25) is 0 Å². The summed E-state index contributed by atoms with van der Waals surface area (Å²) in [6.07, 6.45) is 3.60. The number of phenolic OH excluding ortho intramolecular Hbond substituents is 1. The lowest BCUT2D eigenvalue weighted by atomic mass is 9.91.